The second kappa shape index (κ2) is 7.07. The third-order valence-electron chi connectivity index (χ3n) is 5.45. The molecule has 3 heterocycles. The Labute approximate surface area is 176 Å². The number of aromatic amines is 1. The van der Waals surface area contributed by atoms with Gasteiger partial charge in [0.15, 0.2) is 0 Å². The van der Waals surface area contributed by atoms with E-state index in [0.717, 1.165) is 33.4 Å². The van der Waals surface area contributed by atoms with Crippen LogP contribution < -0.4 is 4.72 Å². The Hall–Kier alpha value is -2.43. The first-order valence-corrected chi connectivity index (χ1v) is 12.9. The number of benzene rings is 1. The van der Waals surface area contributed by atoms with Gasteiger partial charge in [-0.05, 0) is 47.4 Å². The number of hydrogen-bond donors (Lipinski definition) is 4. The lowest BCUT2D eigenvalue weighted by atomic mass is 10.0. The summed E-state index contributed by atoms with van der Waals surface area (Å²) in [6, 6.07) is 10.2. The van der Waals surface area contributed by atoms with E-state index in [1.54, 1.807) is 30.5 Å². The molecule has 0 bridgehead atoms. The third-order valence-corrected chi connectivity index (χ3v) is 8.82. The molecular weight excluding hydrogens is 422 g/mol. The quantitative estimate of drug-likeness (QED) is 0.476. The molecule has 1 aromatic carbocycles. The maximum Gasteiger partial charge on any atom is 0.240 e. The molecule has 1 saturated heterocycles. The summed E-state index contributed by atoms with van der Waals surface area (Å²) in [5.41, 5.74) is 4.75. The zero-order valence-electron chi connectivity index (χ0n) is 15.9. The fraction of sp³-hybridized carbons (Fsp3) is 0.190. The molecule has 1 unspecified atom stereocenters. The average molecular weight is 444 g/mol. The predicted molar refractivity (Wildman–Crippen MR) is 120 cm³/mol. The molecule has 3 aromatic rings. The Kier molecular flexibility index (Phi) is 4.60. The van der Waals surface area contributed by atoms with Crippen LogP contribution in [0.1, 0.15) is 12.1 Å². The highest BCUT2D eigenvalue weighted by molar-refractivity contribution is 8.24. The molecule has 9 heteroatoms. The van der Waals surface area contributed by atoms with E-state index in [-0.39, 0.29) is 16.4 Å². The van der Waals surface area contributed by atoms with Crippen molar-refractivity contribution in [2.75, 3.05) is 11.5 Å². The molecule has 0 spiro atoms. The molecule has 156 valence electrons. The molecule has 5 rings (SSSR count). The van der Waals surface area contributed by atoms with Gasteiger partial charge in [0.1, 0.15) is 5.65 Å². The topological polar surface area (TPSA) is 115 Å². The van der Waals surface area contributed by atoms with Crippen molar-refractivity contribution in [3.8, 4) is 11.1 Å². The molecule has 7 nitrogen and oxygen atoms in total. The van der Waals surface area contributed by atoms with Crippen molar-refractivity contribution in [3.63, 3.8) is 0 Å². The molecule has 0 saturated carbocycles. The van der Waals surface area contributed by atoms with Gasteiger partial charge in [0, 0.05) is 29.1 Å². The molecule has 1 aliphatic carbocycles. The maximum atomic E-state index is 12.7. The third kappa shape index (κ3) is 3.59. The van der Waals surface area contributed by atoms with Crippen LogP contribution in [0.15, 0.2) is 65.7 Å². The van der Waals surface area contributed by atoms with E-state index < -0.39 is 26.7 Å². The van der Waals surface area contributed by atoms with E-state index in [1.165, 1.54) is 0 Å². The molecule has 0 radical (unpaired) electrons. The van der Waals surface area contributed by atoms with Gasteiger partial charge in [-0.3, -0.25) is 9.11 Å². The number of H-pyrrole nitrogens is 1. The van der Waals surface area contributed by atoms with Crippen molar-refractivity contribution < 1.29 is 17.5 Å². The standard InChI is InChI=1S/C21H21N3O4S2/c25-29(26)11-9-16(13-29)24-30(27,28)17-6-4-14(5-7-17)18-8-10-22-21-19(18)12-20(23-21)15-2-1-3-15/h1-8,10,12,16,24-26H,9,11,13H2,(H,22,23). The molecule has 4 N–H and O–H groups in total. The van der Waals surface area contributed by atoms with Crippen molar-refractivity contribution in [3.05, 3.63) is 66.5 Å². The van der Waals surface area contributed by atoms with E-state index in [2.05, 4.69) is 20.8 Å². The van der Waals surface area contributed by atoms with Crippen molar-refractivity contribution >= 4 is 37.2 Å². The number of pyridine rings is 1. The number of aromatic nitrogens is 2. The summed E-state index contributed by atoms with van der Waals surface area (Å²) >= 11 is 0. The highest BCUT2D eigenvalue weighted by Gasteiger charge is 2.31. The second-order valence-electron chi connectivity index (χ2n) is 7.59. The van der Waals surface area contributed by atoms with Gasteiger partial charge >= 0.3 is 0 Å². The first-order chi connectivity index (χ1) is 14.3. The lowest BCUT2D eigenvalue weighted by Crippen LogP contribution is -2.35. The summed E-state index contributed by atoms with van der Waals surface area (Å²) in [6.07, 6.45) is 8.20. The molecule has 2 aliphatic rings. The predicted octanol–water partition coefficient (Wildman–Crippen LogP) is 3.98. The lowest BCUT2D eigenvalue weighted by molar-refractivity contribution is 0.494. The summed E-state index contributed by atoms with van der Waals surface area (Å²) in [5, 5.41) is 0.971. The average Bonchev–Trinajstić information content (AvgIpc) is 3.22. The molecule has 2 aromatic heterocycles. The second-order valence-corrected chi connectivity index (χ2v) is 11.6. The van der Waals surface area contributed by atoms with Crippen LogP contribution in [-0.4, -0.2) is 45.0 Å². The van der Waals surface area contributed by atoms with E-state index in [4.69, 9.17) is 0 Å². The van der Waals surface area contributed by atoms with Crippen LogP contribution in [0.2, 0.25) is 0 Å². The fourth-order valence-corrected chi connectivity index (χ4v) is 6.92. The number of rotatable bonds is 5. The van der Waals surface area contributed by atoms with Gasteiger partial charge in [-0.25, -0.2) is 18.1 Å². The van der Waals surface area contributed by atoms with Gasteiger partial charge in [0.25, 0.3) is 0 Å². The van der Waals surface area contributed by atoms with Crippen LogP contribution in [0.3, 0.4) is 0 Å². The first-order valence-electron chi connectivity index (χ1n) is 9.54. The van der Waals surface area contributed by atoms with Crippen molar-refractivity contribution in [1.82, 2.24) is 14.7 Å². The molecule has 30 heavy (non-hydrogen) atoms. The van der Waals surface area contributed by atoms with Gasteiger partial charge in [0.2, 0.25) is 10.0 Å². The minimum absolute atomic E-state index is 0.0702. The number of sulfonamides is 1. The van der Waals surface area contributed by atoms with Gasteiger partial charge < -0.3 is 4.98 Å². The van der Waals surface area contributed by atoms with Crippen LogP contribution in [0.5, 0.6) is 0 Å². The van der Waals surface area contributed by atoms with Crippen LogP contribution in [0.4, 0.5) is 0 Å². The maximum absolute atomic E-state index is 12.7. The van der Waals surface area contributed by atoms with Crippen LogP contribution >= 0.6 is 10.6 Å². The van der Waals surface area contributed by atoms with Crippen LogP contribution in [0, 0.1) is 0 Å². The largest absolute Gasteiger partial charge is 0.339 e. The molecule has 0 amide bonds. The van der Waals surface area contributed by atoms with Crippen LogP contribution in [-0.2, 0) is 10.0 Å². The Morgan fingerprint density at radius 1 is 1.17 bits per heavy atom. The van der Waals surface area contributed by atoms with E-state index >= 15 is 0 Å². The van der Waals surface area contributed by atoms with Crippen molar-refractivity contribution in [2.24, 2.45) is 0 Å². The van der Waals surface area contributed by atoms with Gasteiger partial charge in [0.05, 0.1) is 10.6 Å². The zero-order chi connectivity index (χ0) is 20.9. The number of hydrogen-bond acceptors (Lipinski definition) is 5. The minimum Gasteiger partial charge on any atom is -0.339 e. The highest BCUT2D eigenvalue weighted by Crippen LogP contribution is 2.45. The van der Waals surface area contributed by atoms with Crippen molar-refractivity contribution in [1.29, 1.82) is 0 Å². The SMILES string of the molecule is O=S(=O)(NC1CCS(O)(O)C1)c1ccc(-c2ccnc3[nH]c(C4=CC=C4)cc23)cc1. The highest BCUT2D eigenvalue weighted by atomic mass is 32.3. The van der Waals surface area contributed by atoms with Crippen molar-refractivity contribution in [2.45, 2.75) is 17.4 Å². The monoisotopic (exact) mass is 443 g/mol. The lowest BCUT2D eigenvalue weighted by Gasteiger charge is -2.26. The summed E-state index contributed by atoms with van der Waals surface area (Å²) < 4.78 is 47.4. The number of allylic oxidation sites excluding steroid dienone is 4. The van der Waals surface area contributed by atoms with E-state index in [0.29, 0.717) is 6.42 Å². The normalized spacial score (nSPS) is 21.4. The Morgan fingerprint density at radius 3 is 2.57 bits per heavy atom. The molecule has 1 atom stereocenters. The van der Waals surface area contributed by atoms with Gasteiger partial charge in [-0.15, -0.1) is 0 Å². The number of nitrogens with zero attached hydrogens (tertiary/aromatic N) is 1. The number of nitrogens with one attached hydrogen (secondary N) is 2. The number of fused-ring (bicyclic) bond motifs is 1. The van der Waals surface area contributed by atoms with Gasteiger partial charge in [-0.1, -0.05) is 30.4 Å². The van der Waals surface area contributed by atoms with E-state index in [9.17, 15) is 17.5 Å². The molecule has 1 fully saturated rings. The molecular formula is C21H21N3O4S2. The minimum atomic E-state index is -3.73. The summed E-state index contributed by atoms with van der Waals surface area (Å²) in [4.78, 5) is 7.87. The Morgan fingerprint density at radius 2 is 1.93 bits per heavy atom. The smallest absolute Gasteiger partial charge is 0.240 e. The Bertz CT molecular complexity index is 1290. The summed E-state index contributed by atoms with van der Waals surface area (Å²) in [6.45, 7) is 0. The summed E-state index contributed by atoms with van der Waals surface area (Å²) in [7, 11) is -6.39. The van der Waals surface area contributed by atoms with Gasteiger partial charge in [-0.2, -0.15) is 10.6 Å². The zero-order valence-corrected chi connectivity index (χ0v) is 17.6. The van der Waals surface area contributed by atoms with Crippen LogP contribution in [0.25, 0.3) is 27.7 Å². The molecule has 1 aliphatic heterocycles. The Balaban J connectivity index is 1.42. The fourth-order valence-electron chi connectivity index (χ4n) is 3.82. The first kappa shape index (κ1) is 19.5. The van der Waals surface area contributed by atoms with E-state index in [1.807, 2.05) is 24.3 Å². The summed E-state index contributed by atoms with van der Waals surface area (Å²) in [5.74, 6) is 0.309.